The Balaban J connectivity index is 1.97. The van der Waals surface area contributed by atoms with Gasteiger partial charge in [-0.1, -0.05) is 37.2 Å². The molecule has 6 nitrogen and oxygen atoms in total. The van der Waals surface area contributed by atoms with Crippen LogP contribution in [0.4, 0.5) is 5.69 Å². The van der Waals surface area contributed by atoms with Crippen molar-refractivity contribution in [3.8, 4) is 0 Å². The second kappa shape index (κ2) is 11.0. The third-order valence-electron chi connectivity index (χ3n) is 3.81. The van der Waals surface area contributed by atoms with Crippen molar-refractivity contribution in [1.29, 1.82) is 0 Å². The number of esters is 1. The number of carbonyl (C=O) groups excluding carboxylic acids is 1. The number of thioether (sulfide) groups is 1. The maximum Gasteiger partial charge on any atom is 0.305 e. The molecule has 1 heterocycles. The molecule has 0 N–H and O–H groups in total. The maximum absolute atomic E-state index is 11.4. The van der Waals surface area contributed by atoms with Crippen LogP contribution in [0.5, 0.6) is 0 Å². The third-order valence-corrected chi connectivity index (χ3v) is 6.14. The highest BCUT2D eigenvalue weighted by molar-refractivity contribution is 8.01. The first kappa shape index (κ1) is 21.4. The van der Waals surface area contributed by atoms with Gasteiger partial charge in [-0.3, -0.25) is 14.9 Å². The van der Waals surface area contributed by atoms with Crippen LogP contribution in [0.2, 0.25) is 0 Å². The molecule has 0 saturated heterocycles. The molecule has 0 saturated carbocycles. The summed E-state index contributed by atoms with van der Waals surface area (Å²) in [7, 11) is 0. The molecule has 0 unspecified atom stereocenters. The summed E-state index contributed by atoms with van der Waals surface area (Å²) in [5, 5.41) is 10.8. The van der Waals surface area contributed by atoms with Crippen LogP contribution in [0.1, 0.15) is 49.2 Å². The van der Waals surface area contributed by atoms with Crippen LogP contribution in [0.25, 0.3) is 0 Å². The number of ether oxygens (including phenoxy) is 1. The Kier molecular flexibility index (Phi) is 8.74. The number of nitro groups is 1. The normalized spacial score (nSPS) is 10.7. The molecular formula is C19H24N2O4S2. The van der Waals surface area contributed by atoms with E-state index in [9.17, 15) is 14.9 Å². The molecule has 0 radical (unpaired) electrons. The van der Waals surface area contributed by atoms with Gasteiger partial charge in [-0.05, 0) is 25.3 Å². The van der Waals surface area contributed by atoms with E-state index in [2.05, 4.69) is 6.92 Å². The Morgan fingerprint density at radius 2 is 2.04 bits per heavy atom. The van der Waals surface area contributed by atoms with Crippen LogP contribution in [0.15, 0.2) is 28.6 Å². The van der Waals surface area contributed by atoms with E-state index in [0.717, 1.165) is 47.0 Å². The highest BCUT2D eigenvalue weighted by Gasteiger charge is 2.13. The Bertz CT molecular complexity index is 760. The zero-order valence-corrected chi connectivity index (χ0v) is 17.2. The van der Waals surface area contributed by atoms with Gasteiger partial charge in [-0.25, -0.2) is 4.98 Å². The van der Waals surface area contributed by atoms with Crippen molar-refractivity contribution in [3.63, 3.8) is 0 Å². The monoisotopic (exact) mass is 408 g/mol. The summed E-state index contributed by atoms with van der Waals surface area (Å²) >= 11 is 3.34. The SMILES string of the molecule is CCCc1nc(SCCCC(=O)OCC)sc1Cc1ccc([N+](=O)[O-])cc1. The molecular weight excluding hydrogens is 384 g/mol. The lowest BCUT2D eigenvalue weighted by molar-refractivity contribution is -0.384. The number of nitrogens with zero attached hydrogens (tertiary/aromatic N) is 2. The molecule has 0 aliphatic heterocycles. The van der Waals surface area contributed by atoms with Crippen LogP contribution >= 0.6 is 23.1 Å². The maximum atomic E-state index is 11.4. The van der Waals surface area contributed by atoms with Gasteiger partial charge in [0.25, 0.3) is 5.69 Å². The number of benzene rings is 1. The molecule has 1 aromatic heterocycles. The molecule has 0 amide bonds. The molecule has 146 valence electrons. The van der Waals surface area contributed by atoms with Crippen LogP contribution in [0.3, 0.4) is 0 Å². The van der Waals surface area contributed by atoms with Gasteiger partial charge in [0.15, 0.2) is 0 Å². The summed E-state index contributed by atoms with van der Waals surface area (Å²) in [6, 6.07) is 6.70. The van der Waals surface area contributed by atoms with E-state index in [0.29, 0.717) is 13.0 Å². The zero-order chi connectivity index (χ0) is 19.6. The standard InChI is InChI=1S/C19H24N2O4S2/c1-3-6-16-17(13-14-8-10-15(11-9-14)21(23)24)27-19(20-16)26-12-5-7-18(22)25-4-2/h8-11H,3-7,12-13H2,1-2H3. The van der Waals surface area contributed by atoms with Crippen molar-refractivity contribution in [2.45, 2.75) is 50.3 Å². The van der Waals surface area contributed by atoms with Gasteiger partial charge in [0, 0.05) is 35.6 Å². The molecule has 2 rings (SSSR count). The fourth-order valence-electron chi connectivity index (χ4n) is 2.52. The highest BCUT2D eigenvalue weighted by Crippen LogP contribution is 2.31. The van der Waals surface area contributed by atoms with Gasteiger partial charge in [0.2, 0.25) is 0 Å². The lowest BCUT2D eigenvalue weighted by Gasteiger charge is -2.01. The quantitative estimate of drug-likeness (QED) is 0.170. The second-order valence-corrected chi connectivity index (χ2v) is 8.38. The van der Waals surface area contributed by atoms with E-state index in [1.807, 2.05) is 6.92 Å². The van der Waals surface area contributed by atoms with Gasteiger partial charge < -0.3 is 4.74 Å². The van der Waals surface area contributed by atoms with Crippen molar-refractivity contribution in [1.82, 2.24) is 4.98 Å². The fraction of sp³-hybridized carbons (Fsp3) is 0.474. The van der Waals surface area contributed by atoms with Crippen molar-refractivity contribution >= 4 is 34.8 Å². The van der Waals surface area contributed by atoms with Crippen LogP contribution in [-0.2, 0) is 22.4 Å². The van der Waals surface area contributed by atoms with E-state index in [4.69, 9.17) is 9.72 Å². The van der Waals surface area contributed by atoms with Crippen LogP contribution in [0, 0.1) is 10.1 Å². The number of rotatable bonds is 11. The van der Waals surface area contributed by atoms with Gasteiger partial charge in [0.05, 0.1) is 17.2 Å². The average molecular weight is 409 g/mol. The summed E-state index contributed by atoms with van der Waals surface area (Å²) in [5.74, 6) is 0.678. The minimum Gasteiger partial charge on any atom is -0.466 e. The third kappa shape index (κ3) is 6.95. The summed E-state index contributed by atoms with van der Waals surface area (Å²) in [6.45, 7) is 4.36. The molecule has 8 heteroatoms. The van der Waals surface area contributed by atoms with Crippen LogP contribution < -0.4 is 0 Å². The highest BCUT2D eigenvalue weighted by atomic mass is 32.2. The lowest BCUT2D eigenvalue weighted by atomic mass is 10.1. The summed E-state index contributed by atoms with van der Waals surface area (Å²) in [4.78, 5) is 27.7. The molecule has 0 bridgehead atoms. The molecule has 2 aromatic rings. The second-order valence-electron chi connectivity index (χ2n) is 5.96. The molecule has 0 spiro atoms. The number of thiazole rings is 1. The molecule has 1 aromatic carbocycles. The number of hydrogen-bond acceptors (Lipinski definition) is 7. The predicted octanol–water partition coefficient (Wildman–Crippen LogP) is 5.03. The first-order valence-electron chi connectivity index (χ1n) is 9.03. The predicted molar refractivity (Wildman–Crippen MR) is 109 cm³/mol. The van der Waals surface area contributed by atoms with E-state index in [1.54, 1.807) is 47.4 Å². The molecule has 0 atom stereocenters. The summed E-state index contributed by atoms with van der Waals surface area (Å²) < 4.78 is 5.95. The topological polar surface area (TPSA) is 82.3 Å². The Morgan fingerprint density at radius 1 is 1.30 bits per heavy atom. The van der Waals surface area contributed by atoms with Gasteiger partial charge in [-0.15, -0.1) is 11.3 Å². The number of aryl methyl sites for hydroxylation is 1. The number of non-ortho nitro benzene ring substituents is 1. The Labute approximate surface area is 167 Å². The number of hydrogen-bond donors (Lipinski definition) is 0. The molecule has 0 fully saturated rings. The van der Waals surface area contributed by atoms with Crippen molar-refractivity contribution < 1.29 is 14.5 Å². The smallest absolute Gasteiger partial charge is 0.305 e. The number of nitro benzene ring substituents is 1. The van der Waals surface area contributed by atoms with Gasteiger partial charge in [-0.2, -0.15) is 0 Å². The van der Waals surface area contributed by atoms with Gasteiger partial charge in [0.1, 0.15) is 4.34 Å². The summed E-state index contributed by atoms with van der Waals surface area (Å²) in [6.07, 6.45) is 3.87. The van der Waals surface area contributed by atoms with Crippen LogP contribution in [-0.4, -0.2) is 28.2 Å². The molecule has 27 heavy (non-hydrogen) atoms. The van der Waals surface area contributed by atoms with E-state index < -0.39 is 0 Å². The van der Waals surface area contributed by atoms with E-state index in [-0.39, 0.29) is 16.6 Å². The minimum absolute atomic E-state index is 0.106. The van der Waals surface area contributed by atoms with E-state index in [1.165, 1.54) is 4.88 Å². The lowest BCUT2D eigenvalue weighted by Crippen LogP contribution is -2.03. The zero-order valence-electron chi connectivity index (χ0n) is 15.6. The van der Waals surface area contributed by atoms with Crippen molar-refractivity contribution in [2.24, 2.45) is 0 Å². The largest absolute Gasteiger partial charge is 0.466 e. The Hall–Kier alpha value is -1.93. The van der Waals surface area contributed by atoms with Crippen molar-refractivity contribution in [2.75, 3.05) is 12.4 Å². The first-order valence-corrected chi connectivity index (χ1v) is 10.8. The van der Waals surface area contributed by atoms with Gasteiger partial charge >= 0.3 is 5.97 Å². The molecule has 0 aliphatic rings. The van der Waals surface area contributed by atoms with E-state index >= 15 is 0 Å². The fourth-order valence-corrected chi connectivity index (χ4v) is 4.82. The minimum atomic E-state index is -0.385. The Morgan fingerprint density at radius 3 is 2.67 bits per heavy atom. The van der Waals surface area contributed by atoms with Crippen molar-refractivity contribution in [3.05, 3.63) is 50.5 Å². The summed E-state index contributed by atoms with van der Waals surface area (Å²) in [5.41, 5.74) is 2.25. The number of carbonyl (C=O) groups is 1. The molecule has 0 aliphatic carbocycles. The first-order chi connectivity index (χ1) is 13.0. The number of aromatic nitrogens is 1. The average Bonchev–Trinajstić information content (AvgIpc) is 3.01.